The molecular formula is C13H20N2O2S. The number of nitrogens with one attached hydrogen (secondary N) is 1. The fraction of sp³-hybridized carbons (Fsp3) is 0.538. The Morgan fingerprint density at radius 2 is 1.83 bits per heavy atom. The molecule has 1 fully saturated rings. The Kier molecular flexibility index (Phi) is 3.64. The van der Waals surface area contributed by atoms with E-state index in [4.69, 9.17) is 5.73 Å². The second-order valence-corrected chi connectivity index (χ2v) is 6.75. The fourth-order valence-electron chi connectivity index (χ4n) is 2.46. The van der Waals surface area contributed by atoms with Crippen LogP contribution in [0.5, 0.6) is 0 Å². The Labute approximate surface area is 109 Å². The number of hydrogen-bond acceptors (Lipinski definition) is 3. The molecule has 1 aromatic carbocycles. The van der Waals surface area contributed by atoms with E-state index in [0.29, 0.717) is 10.6 Å². The van der Waals surface area contributed by atoms with Gasteiger partial charge in [0.1, 0.15) is 0 Å². The summed E-state index contributed by atoms with van der Waals surface area (Å²) in [4.78, 5) is 0.312. The minimum absolute atomic E-state index is 0.0798. The first-order chi connectivity index (χ1) is 8.40. The number of rotatable bonds is 3. The van der Waals surface area contributed by atoms with Crippen molar-refractivity contribution in [2.75, 3.05) is 5.73 Å². The number of anilines is 1. The van der Waals surface area contributed by atoms with Gasteiger partial charge in [-0.25, -0.2) is 13.1 Å². The van der Waals surface area contributed by atoms with Gasteiger partial charge in [0.15, 0.2) is 0 Å². The van der Waals surface area contributed by atoms with Gasteiger partial charge in [0, 0.05) is 11.7 Å². The van der Waals surface area contributed by atoms with Crippen LogP contribution in [0.1, 0.15) is 36.8 Å². The van der Waals surface area contributed by atoms with Crippen molar-refractivity contribution in [3.8, 4) is 0 Å². The second-order valence-electron chi connectivity index (χ2n) is 5.06. The molecule has 1 aromatic rings. The maximum Gasteiger partial charge on any atom is 0.241 e. The summed E-state index contributed by atoms with van der Waals surface area (Å²) in [6.45, 7) is 3.69. The van der Waals surface area contributed by atoms with E-state index in [-0.39, 0.29) is 6.04 Å². The summed E-state index contributed by atoms with van der Waals surface area (Å²) in [5, 5.41) is 0. The first-order valence-corrected chi connectivity index (χ1v) is 7.77. The summed E-state index contributed by atoms with van der Waals surface area (Å²) in [7, 11) is -3.45. The van der Waals surface area contributed by atoms with Gasteiger partial charge in [-0.2, -0.15) is 0 Å². The largest absolute Gasteiger partial charge is 0.399 e. The zero-order valence-corrected chi connectivity index (χ0v) is 11.7. The number of nitrogens with two attached hydrogens (primary N) is 1. The summed E-state index contributed by atoms with van der Waals surface area (Å²) < 4.78 is 27.5. The smallest absolute Gasteiger partial charge is 0.241 e. The Bertz CT molecular complexity index is 546. The predicted octanol–water partition coefficient (Wildman–Crippen LogP) is 2.11. The minimum Gasteiger partial charge on any atom is -0.399 e. The average Bonchev–Trinajstić information content (AvgIpc) is 2.75. The summed E-state index contributed by atoms with van der Waals surface area (Å²) in [5.41, 5.74) is 7.91. The molecule has 18 heavy (non-hydrogen) atoms. The summed E-state index contributed by atoms with van der Waals surface area (Å²) in [5.74, 6) is 0. The van der Waals surface area contributed by atoms with Gasteiger partial charge in [-0.1, -0.05) is 12.8 Å². The van der Waals surface area contributed by atoms with Gasteiger partial charge in [-0.05, 0) is 49.9 Å². The Balaban J connectivity index is 2.34. The van der Waals surface area contributed by atoms with Crippen LogP contribution in [-0.2, 0) is 10.0 Å². The third kappa shape index (κ3) is 2.67. The van der Waals surface area contributed by atoms with Gasteiger partial charge in [-0.15, -0.1) is 0 Å². The molecule has 1 aliphatic rings. The van der Waals surface area contributed by atoms with Gasteiger partial charge in [0.05, 0.1) is 4.90 Å². The van der Waals surface area contributed by atoms with Gasteiger partial charge in [-0.3, -0.25) is 0 Å². The number of aryl methyl sites for hydroxylation is 1. The van der Waals surface area contributed by atoms with Crippen LogP contribution < -0.4 is 10.5 Å². The van der Waals surface area contributed by atoms with Gasteiger partial charge >= 0.3 is 0 Å². The summed E-state index contributed by atoms with van der Waals surface area (Å²) in [6, 6.07) is 3.42. The molecule has 0 unspecified atom stereocenters. The van der Waals surface area contributed by atoms with E-state index in [0.717, 1.165) is 36.8 Å². The third-order valence-electron chi connectivity index (χ3n) is 3.61. The van der Waals surface area contributed by atoms with Crippen molar-refractivity contribution < 1.29 is 8.42 Å². The van der Waals surface area contributed by atoms with E-state index in [2.05, 4.69) is 4.72 Å². The van der Waals surface area contributed by atoms with Crippen molar-refractivity contribution in [2.24, 2.45) is 0 Å². The lowest BCUT2D eigenvalue weighted by atomic mass is 10.1. The Morgan fingerprint density at radius 3 is 2.44 bits per heavy atom. The van der Waals surface area contributed by atoms with Gasteiger partial charge in [0.2, 0.25) is 10.0 Å². The molecular weight excluding hydrogens is 248 g/mol. The lowest BCUT2D eigenvalue weighted by molar-refractivity contribution is 0.551. The van der Waals surface area contributed by atoms with Crippen LogP contribution >= 0.6 is 0 Å². The van der Waals surface area contributed by atoms with Crippen LogP contribution in [-0.4, -0.2) is 14.5 Å². The van der Waals surface area contributed by atoms with Gasteiger partial charge in [0.25, 0.3) is 0 Å². The molecule has 0 atom stereocenters. The maximum absolute atomic E-state index is 12.3. The normalized spacial score (nSPS) is 17.2. The van der Waals surface area contributed by atoms with Crippen LogP contribution in [0.2, 0.25) is 0 Å². The molecule has 0 bridgehead atoms. The van der Waals surface area contributed by atoms with Gasteiger partial charge < -0.3 is 5.73 Å². The molecule has 0 saturated heterocycles. The van der Waals surface area contributed by atoms with Crippen molar-refractivity contribution in [2.45, 2.75) is 50.5 Å². The highest BCUT2D eigenvalue weighted by atomic mass is 32.2. The lowest BCUT2D eigenvalue weighted by Gasteiger charge is -2.15. The number of nitrogen functional groups attached to an aromatic ring is 1. The zero-order chi connectivity index (χ0) is 13.3. The highest BCUT2D eigenvalue weighted by Gasteiger charge is 2.24. The van der Waals surface area contributed by atoms with Crippen molar-refractivity contribution in [1.82, 2.24) is 4.72 Å². The summed E-state index contributed by atoms with van der Waals surface area (Å²) in [6.07, 6.45) is 4.06. The predicted molar refractivity (Wildman–Crippen MR) is 72.9 cm³/mol. The monoisotopic (exact) mass is 268 g/mol. The Hall–Kier alpha value is -1.07. The highest BCUT2D eigenvalue weighted by molar-refractivity contribution is 7.89. The summed E-state index contributed by atoms with van der Waals surface area (Å²) >= 11 is 0. The van der Waals surface area contributed by atoms with Crippen molar-refractivity contribution in [1.29, 1.82) is 0 Å². The number of sulfonamides is 1. The molecule has 4 nitrogen and oxygen atoms in total. The molecule has 0 aliphatic heterocycles. The Morgan fingerprint density at radius 1 is 1.22 bits per heavy atom. The van der Waals surface area contributed by atoms with E-state index < -0.39 is 10.0 Å². The molecule has 0 heterocycles. The molecule has 3 N–H and O–H groups in total. The molecule has 0 aromatic heterocycles. The highest BCUT2D eigenvalue weighted by Crippen LogP contribution is 2.25. The van der Waals surface area contributed by atoms with Crippen LogP contribution in [0, 0.1) is 13.8 Å². The van der Waals surface area contributed by atoms with E-state index >= 15 is 0 Å². The SMILES string of the molecule is Cc1cc(N)cc(S(=O)(=O)NC2CCCC2)c1C. The van der Waals surface area contributed by atoms with E-state index in [1.165, 1.54) is 0 Å². The van der Waals surface area contributed by atoms with Crippen molar-refractivity contribution >= 4 is 15.7 Å². The molecule has 0 amide bonds. The quantitative estimate of drug-likeness (QED) is 0.825. The molecule has 1 saturated carbocycles. The van der Waals surface area contributed by atoms with E-state index in [1.807, 2.05) is 13.8 Å². The third-order valence-corrected chi connectivity index (χ3v) is 5.26. The fourth-order valence-corrected chi connectivity index (χ4v) is 4.12. The molecule has 5 heteroatoms. The molecule has 0 spiro atoms. The van der Waals surface area contributed by atoms with Crippen LogP contribution in [0.15, 0.2) is 17.0 Å². The first-order valence-electron chi connectivity index (χ1n) is 6.29. The topological polar surface area (TPSA) is 72.2 Å². The average molecular weight is 268 g/mol. The number of hydrogen-bond donors (Lipinski definition) is 2. The van der Waals surface area contributed by atoms with Crippen LogP contribution in [0.25, 0.3) is 0 Å². The standard InChI is InChI=1S/C13H20N2O2S/c1-9-7-11(14)8-13(10(9)2)18(16,17)15-12-5-3-4-6-12/h7-8,12,15H,3-6,14H2,1-2H3. The molecule has 1 aliphatic carbocycles. The zero-order valence-electron chi connectivity index (χ0n) is 10.9. The number of benzene rings is 1. The van der Waals surface area contributed by atoms with Crippen molar-refractivity contribution in [3.63, 3.8) is 0 Å². The first kappa shape index (κ1) is 13.4. The van der Waals surface area contributed by atoms with E-state index in [1.54, 1.807) is 12.1 Å². The second kappa shape index (κ2) is 4.90. The molecule has 2 rings (SSSR count). The maximum atomic E-state index is 12.3. The van der Waals surface area contributed by atoms with Crippen LogP contribution in [0.3, 0.4) is 0 Å². The molecule has 100 valence electrons. The van der Waals surface area contributed by atoms with Crippen LogP contribution in [0.4, 0.5) is 5.69 Å². The minimum atomic E-state index is -3.45. The van der Waals surface area contributed by atoms with Crippen molar-refractivity contribution in [3.05, 3.63) is 23.3 Å². The van der Waals surface area contributed by atoms with E-state index in [9.17, 15) is 8.42 Å². The lowest BCUT2D eigenvalue weighted by Crippen LogP contribution is -2.33. The molecule has 0 radical (unpaired) electrons.